The smallest absolute Gasteiger partial charge is 0.324 e. The summed E-state index contributed by atoms with van der Waals surface area (Å²) in [4.78, 5) is 51.2. The van der Waals surface area contributed by atoms with Gasteiger partial charge in [0, 0.05) is 30.5 Å². The molecule has 1 saturated heterocycles. The van der Waals surface area contributed by atoms with Gasteiger partial charge in [-0.1, -0.05) is 6.07 Å². The molecule has 26 heavy (non-hydrogen) atoms. The summed E-state index contributed by atoms with van der Waals surface area (Å²) < 4.78 is 1.26. The lowest BCUT2D eigenvalue weighted by Gasteiger charge is -2.27. The standard InChI is InChI=1S/C17H17BrN4O4/c18-13-9-21(17(26)20-16(13)25)10-14(23)19-11-4-3-5-12(8-11)22-7-2-1-6-15(22)24/h3-5,8-9H,1-2,6-7,10H2,(H,19,23)(H,20,25,26). The van der Waals surface area contributed by atoms with Gasteiger partial charge in [0.2, 0.25) is 11.8 Å². The van der Waals surface area contributed by atoms with Gasteiger partial charge < -0.3 is 10.2 Å². The second kappa shape index (κ2) is 7.69. The Hall–Kier alpha value is -2.68. The summed E-state index contributed by atoms with van der Waals surface area (Å²) in [5, 5.41) is 2.70. The fraction of sp³-hybridized carbons (Fsp3) is 0.294. The highest BCUT2D eigenvalue weighted by Crippen LogP contribution is 2.23. The van der Waals surface area contributed by atoms with Gasteiger partial charge in [0.1, 0.15) is 6.54 Å². The average molecular weight is 421 g/mol. The predicted molar refractivity (Wildman–Crippen MR) is 100 cm³/mol. The number of aromatic amines is 1. The molecule has 1 aromatic heterocycles. The van der Waals surface area contributed by atoms with Gasteiger partial charge in [0.15, 0.2) is 0 Å². The monoisotopic (exact) mass is 420 g/mol. The Balaban J connectivity index is 1.73. The number of anilines is 2. The fourth-order valence-corrected chi connectivity index (χ4v) is 3.13. The first-order chi connectivity index (χ1) is 12.4. The quantitative estimate of drug-likeness (QED) is 0.780. The number of piperidine rings is 1. The summed E-state index contributed by atoms with van der Waals surface area (Å²) in [6.07, 6.45) is 3.64. The van der Waals surface area contributed by atoms with E-state index in [1.54, 1.807) is 23.1 Å². The summed E-state index contributed by atoms with van der Waals surface area (Å²) in [7, 11) is 0. The van der Waals surface area contributed by atoms with Gasteiger partial charge in [-0.25, -0.2) is 4.79 Å². The van der Waals surface area contributed by atoms with Crippen molar-refractivity contribution in [1.29, 1.82) is 0 Å². The lowest BCUT2D eigenvalue weighted by molar-refractivity contribution is -0.119. The van der Waals surface area contributed by atoms with E-state index in [1.165, 1.54) is 6.20 Å². The van der Waals surface area contributed by atoms with E-state index in [2.05, 4.69) is 26.2 Å². The molecule has 2 amide bonds. The molecular formula is C17H17BrN4O4. The summed E-state index contributed by atoms with van der Waals surface area (Å²) in [5.74, 6) is -0.350. The molecule has 1 aliphatic rings. The van der Waals surface area contributed by atoms with E-state index in [0.717, 1.165) is 23.1 Å². The molecule has 3 rings (SSSR count). The van der Waals surface area contributed by atoms with Gasteiger partial charge in [-0.2, -0.15) is 0 Å². The molecule has 0 aliphatic carbocycles. The Kier molecular flexibility index (Phi) is 5.36. The number of rotatable bonds is 4. The molecule has 8 nitrogen and oxygen atoms in total. The number of benzene rings is 1. The van der Waals surface area contributed by atoms with Crippen LogP contribution in [0.1, 0.15) is 19.3 Å². The largest absolute Gasteiger partial charge is 0.328 e. The number of carbonyl (C=O) groups is 2. The Labute approximate surface area is 157 Å². The zero-order valence-electron chi connectivity index (χ0n) is 13.8. The SMILES string of the molecule is O=C(Cn1cc(Br)c(=O)[nH]c1=O)Nc1cccc(N2CCCCC2=O)c1. The predicted octanol–water partition coefficient (Wildman–Crippen LogP) is 1.45. The molecule has 136 valence electrons. The van der Waals surface area contributed by atoms with Crippen molar-refractivity contribution in [3.8, 4) is 0 Å². The number of nitrogens with zero attached hydrogens (tertiary/aromatic N) is 2. The number of aromatic nitrogens is 2. The van der Waals surface area contributed by atoms with E-state index < -0.39 is 17.2 Å². The zero-order valence-corrected chi connectivity index (χ0v) is 15.4. The molecule has 0 saturated carbocycles. The number of halogens is 1. The van der Waals surface area contributed by atoms with Crippen molar-refractivity contribution in [2.24, 2.45) is 0 Å². The first-order valence-corrected chi connectivity index (χ1v) is 8.93. The van der Waals surface area contributed by atoms with Crippen LogP contribution in [0.4, 0.5) is 11.4 Å². The third kappa shape index (κ3) is 4.10. The third-order valence-corrected chi connectivity index (χ3v) is 4.61. The highest BCUT2D eigenvalue weighted by molar-refractivity contribution is 9.10. The minimum absolute atomic E-state index is 0.0735. The van der Waals surface area contributed by atoms with Crippen LogP contribution in [0.5, 0.6) is 0 Å². The molecule has 0 radical (unpaired) electrons. The molecule has 0 spiro atoms. The maximum Gasteiger partial charge on any atom is 0.328 e. The van der Waals surface area contributed by atoms with Crippen LogP contribution in [0, 0.1) is 0 Å². The van der Waals surface area contributed by atoms with E-state index in [4.69, 9.17) is 0 Å². The van der Waals surface area contributed by atoms with Crippen molar-refractivity contribution in [2.45, 2.75) is 25.8 Å². The number of amides is 2. The molecular weight excluding hydrogens is 404 g/mol. The Morgan fingerprint density at radius 3 is 2.81 bits per heavy atom. The fourth-order valence-electron chi connectivity index (χ4n) is 2.79. The molecule has 9 heteroatoms. The third-order valence-electron chi connectivity index (χ3n) is 4.05. The van der Waals surface area contributed by atoms with E-state index in [0.29, 0.717) is 18.7 Å². The van der Waals surface area contributed by atoms with E-state index >= 15 is 0 Å². The molecule has 2 heterocycles. The van der Waals surface area contributed by atoms with Crippen LogP contribution in [-0.2, 0) is 16.1 Å². The molecule has 1 fully saturated rings. The summed E-state index contributed by atoms with van der Waals surface area (Å²) in [5.41, 5.74) is 0.0467. The minimum atomic E-state index is -0.666. The van der Waals surface area contributed by atoms with Crippen LogP contribution in [-0.4, -0.2) is 27.9 Å². The molecule has 2 N–H and O–H groups in total. The van der Waals surface area contributed by atoms with Crippen LogP contribution in [0.3, 0.4) is 0 Å². The Bertz CT molecular complexity index is 966. The number of hydrogen-bond donors (Lipinski definition) is 2. The van der Waals surface area contributed by atoms with Crippen molar-refractivity contribution in [3.63, 3.8) is 0 Å². The molecule has 0 atom stereocenters. The number of nitrogens with one attached hydrogen (secondary N) is 2. The first-order valence-electron chi connectivity index (χ1n) is 8.13. The Morgan fingerprint density at radius 2 is 2.04 bits per heavy atom. The topological polar surface area (TPSA) is 104 Å². The maximum atomic E-state index is 12.2. The first kappa shape index (κ1) is 18.1. The van der Waals surface area contributed by atoms with Crippen molar-refractivity contribution in [1.82, 2.24) is 9.55 Å². The number of carbonyl (C=O) groups excluding carboxylic acids is 2. The number of hydrogen-bond acceptors (Lipinski definition) is 4. The van der Waals surface area contributed by atoms with Crippen molar-refractivity contribution < 1.29 is 9.59 Å². The van der Waals surface area contributed by atoms with Gasteiger partial charge in [-0.15, -0.1) is 0 Å². The molecule has 0 unspecified atom stereocenters. The highest BCUT2D eigenvalue weighted by Gasteiger charge is 2.19. The second-order valence-corrected chi connectivity index (χ2v) is 6.82. The molecule has 1 aliphatic heterocycles. The van der Waals surface area contributed by atoms with Crippen LogP contribution in [0.25, 0.3) is 0 Å². The van der Waals surface area contributed by atoms with Crippen molar-refractivity contribution in [2.75, 3.05) is 16.8 Å². The van der Waals surface area contributed by atoms with Crippen LogP contribution in [0.15, 0.2) is 44.5 Å². The highest BCUT2D eigenvalue weighted by atomic mass is 79.9. The lowest BCUT2D eigenvalue weighted by Crippen LogP contribution is -2.35. The van der Waals surface area contributed by atoms with Crippen LogP contribution >= 0.6 is 15.9 Å². The second-order valence-electron chi connectivity index (χ2n) is 5.97. The van der Waals surface area contributed by atoms with Gasteiger partial charge in [0.05, 0.1) is 4.47 Å². The number of H-pyrrole nitrogens is 1. The maximum absolute atomic E-state index is 12.2. The van der Waals surface area contributed by atoms with E-state index in [9.17, 15) is 19.2 Å². The Morgan fingerprint density at radius 1 is 1.23 bits per heavy atom. The zero-order chi connectivity index (χ0) is 18.7. The summed E-state index contributed by atoms with van der Waals surface area (Å²) in [6, 6.07) is 7.02. The van der Waals surface area contributed by atoms with Crippen molar-refractivity contribution >= 4 is 39.1 Å². The summed E-state index contributed by atoms with van der Waals surface area (Å²) in [6.45, 7) is 0.415. The van der Waals surface area contributed by atoms with Gasteiger partial charge in [-0.3, -0.25) is 23.9 Å². The van der Waals surface area contributed by atoms with Gasteiger partial charge >= 0.3 is 5.69 Å². The van der Waals surface area contributed by atoms with Gasteiger partial charge in [0.25, 0.3) is 5.56 Å². The van der Waals surface area contributed by atoms with Gasteiger partial charge in [-0.05, 0) is 47.0 Å². The van der Waals surface area contributed by atoms with Crippen LogP contribution in [0.2, 0.25) is 0 Å². The molecule has 1 aromatic carbocycles. The lowest BCUT2D eigenvalue weighted by atomic mass is 10.1. The van der Waals surface area contributed by atoms with E-state index in [-0.39, 0.29) is 16.9 Å². The minimum Gasteiger partial charge on any atom is -0.324 e. The van der Waals surface area contributed by atoms with Crippen molar-refractivity contribution in [3.05, 3.63) is 55.8 Å². The van der Waals surface area contributed by atoms with E-state index in [1.807, 2.05) is 6.07 Å². The molecule has 2 aromatic rings. The summed E-state index contributed by atoms with van der Waals surface area (Å²) >= 11 is 3.02. The molecule has 0 bridgehead atoms. The van der Waals surface area contributed by atoms with Crippen LogP contribution < -0.4 is 21.5 Å². The average Bonchev–Trinajstić information content (AvgIpc) is 2.60. The normalized spacial score (nSPS) is 14.3.